The van der Waals surface area contributed by atoms with E-state index < -0.39 is 0 Å². The molecule has 6 nitrogen and oxygen atoms in total. The number of carbonyl (C=O) groups is 1. The SMILES string of the molecule is CC(C)(C)c1noc(-c2ccccc2C(=O)N2CCC(CN)CC2)n1. The Labute approximate surface area is 148 Å². The van der Waals surface area contributed by atoms with Crippen LogP contribution in [0.25, 0.3) is 11.5 Å². The van der Waals surface area contributed by atoms with Gasteiger partial charge in [0.2, 0.25) is 0 Å². The molecule has 1 saturated heterocycles. The van der Waals surface area contributed by atoms with Crippen LogP contribution in [-0.2, 0) is 5.41 Å². The maximum absolute atomic E-state index is 13.0. The summed E-state index contributed by atoms with van der Waals surface area (Å²) in [5, 5.41) is 4.07. The van der Waals surface area contributed by atoms with Gasteiger partial charge in [-0.05, 0) is 37.4 Å². The predicted octanol–water partition coefficient (Wildman–Crippen LogP) is 2.85. The van der Waals surface area contributed by atoms with Crippen LogP contribution in [0.15, 0.2) is 28.8 Å². The van der Waals surface area contributed by atoms with Crippen molar-refractivity contribution in [2.45, 2.75) is 39.0 Å². The Balaban J connectivity index is 1.86. The minimum atomic E-state index is -0.204. The molecule has 0 aliphatic carbocycles. The van der Waals surface area contributed by atoms with Crippen LogP contribution in [0.4, 0.5) is 0 Å². The first kappa shape index (κ1) is 17.6. The summed E-state index contributed by atoms with van der Waals surface area (Å²) in [5.74, 6) is 1.56. The van der Waals surface area contributed by atoms with E-state index in [0.29, 0.717) is 35.3 Å². The minimum Gasteiger partial charge on any atom is -0.339 e. The fourth-order valence-corrected chi connectivity index (χ4v) is 3.04. The quantitative estimate of drug-likeness (QED) is 0.927. The van der Waals surface area contributed by atoms with Crippen molar-refractivity contribution in [2.75, 3.05) is 19.6 Å². The highest BCUT2D eigenvalue weighted by molar-refractivity contribution is 6.00. The van der Waals surface area contributed by atoms with Crippen LogP contribution in [0.3, 0.4) is 0 Å². The average molecular weight is 342 g/mol. The van der Waals surface area contributed by atoms with Crippen LogP contribution < -0.4 is 5.73 Å². The molecule has 0 spiro atoms. The van der Waals surface area contributed by atoms with Crippen molar-refractivity contribution in [3.63, 3.8) is 0 Å². The summed E-state index contributed by atoms with van der Waals surface area (Å²) in [6.07, 6.45) is 1.91. The van der Waals surface area contributed by atoms with Crippen LogP contribution in [0.2, 0.25) is 0 Å². The summed E-state index contributed by atoms with van der Waals surface area (Å²) in [7, 11) is 0. The fraction of sp³-hybridized carbons (Fsp3) is 0.526. The lowest BCUT2D eigenvalue weighted by atomic mass is 9.95. The van der Waals surface area contributed by atoms with Crippen molar-refractivity contribution in [1.82, 2.24) is 15.0 Å². The molecular weight excluding hydrogens is 316 g/mol. The second kappa shape index (κ2) is 6.96. The highest BCUT2D eigenvalue weighted by Gasteiger charge is 2.27. The van der Waals surface area contributed by atoms with Crippen molar-refractivity contribution in [2.24, 2.45) is 11.7 Å². The number of carbonyl (C=O) groups excluding carboxylic acids is 1. The van der Waals surface area contributed by atoms with Gasteiger partial charge in [-0.2, -0.15) is 4.98 Å². The molecule has 2 N–H and O–H groups in total. The molecule has 6 heteroatoms. The number of aromatic nitrogens is 2. The highest BCUT2D eigenvalue weighted by atomic mass is 16.5. The molecule has 0 unspecified atom stereocenters. The number of piperidine rings is 1. The molecule has 3 rings (SSSR count). The Kier molecular flexibility index (Phi) is 4.90. The van der Waals surface area contributed by atoms with Crippen LogP contribution in [0, 0.1) is 5.92 Å². The van der Waals surface area contributed by atoms with Gasteiger partial charge in [-0.25, -0.2) is 0 Å². The number of likely N-dealkylation sites (tertiary alicyclic amines) is 1. The van der Waals surface area contributed by atoms with Crippen molar-refractivity contribution >= 4 is 5.91 Å². The van der Waals surface area contributed by atoms with E-state index in [-0.39, 0.29) is 11.3 Å². The minimum absolute atomic E-state index is 0.0154. The van der Waals surface area contributed by atoms with E-state index in [1.54, 1.807) is 0 Å². The summed E-state index contributed by atoms with van der Waals surface area (Å²) in [4.78, 5) is 19.4. The van der Waals surface area contributed by atoms with Crippen LogP contribution in [0.1, 0.15) is 49.8 Å². The third-order valence-corrected chi connectivity index (χ3v) is 4.72. The van der Waals surface area contributed by atoms with Crippen LogP contribution in [-0.4, -0.2) is 40.6 Å². The Morgan fingerprint density at radius 1 is 1.28 bits per heavy atom. The Bertz CT molecular complexity index is 740. The van der Waals surface area contributed by atoms with Gasteiger partial charge in [0.15, 0.2) is 5.82 Å². The lowest BCUT2D eigenvalue weighted by molar-refractivity contribution is 0.0694. The van der Waals surface area contributed by atoms with Gasteiger partial charge < -0.3 is 15.2 Å². The van der Waals surface area contributed by atoms with Gasteiger partial charge in [-0.3, -0.25) is 4.79 Å². The van der Waals surface area contributed by atoms with Gasteiger partial charge >= 0.3 is 0 Å². The van der Waals surface area contributed by atoms with Crippen molar-refractivity contribution in [1.29, 1.82) is 0 Å². The van der Waals surface area contributed by atoms with Gasteiger partial charge in [0.1, 0.15) is 0 Å². The molecule has 2 aromatic rings. The van der Waals surface area contributed by atoms with Crippen molar-refractivity contribution in [3.8, 4) is 11.5 Å². The zero-order valence-electron chi connectivity index (χ0n) is 15.2. The Hall–Kier alpha value is -2.21. The van der Waals surface area contributed by atoms with E-state index in [0.717, 1.165) is 25.9 Å². The summed E-state index contributed by atoms with van der Waals surface area (Å²) in [6.45, 7) is 8.26. The largest absolute Gasteiger partial charge is 0.339 e. The molecule has 0 atom stereocenters. The topological polar surface area (TPSA) is 85.2 Å². The standard InChI is InChI=1S/C19H26N4O2/c1-19(2,3)18-21-16(25-22-18)14-6-4-5-7-15(14)17(24)23-10-8-13(12-20)9-11-23/h4-7,13H,8-12,20H2,1-3H3. The Morgan fingerprint density at radius 3 is 2.56 bits per heavy atom. The second-order valence-electron chi connectivity index (χ2n) is 7.69. The summed E-state index contributed by atoms with van der Waals surface area (Å²) >= 11 is 0. The number of amides is 1. The monoisotopic (exact) mass is 342 g/mol. The second-order valence-corrected chi connectivity index (χ2v) is 7.69. The fourth-order valence-electron chi connectivity index (χ4n) is 3.04. The molecule has 1 aliphatic rings. The third-order valence-electron chi connectivity index (χ3n) is 4.72. The summed E-state index contributed by atoms with van der Waals surface area (Å²) < 4.78 is 5.44. The zero-order chi connectivity index (χ0) is 18.0. The van der Waals surface area contributed by atoms with Gasteiger partial charge in [0.05, 0.1) is 11.1 Å². The van der Waals surface area contributed by atoms with Gasteiger partial charge in [-0.15, -0.1) is 0 Å². The molecule has 0 radical (unpaired) electrons. The summed E-state index contributed by atoms with van der Waals surface area (Å²) in [6, 6.07) is 7.44. The highest BCUT2D eigenvalue weighted by Crippen LogP contribution is 2.28. The molecule has 0 saturated carbocycles. The first-order chi connectivity index (χ1) is 11.9. The first-order valence-electron chi connectivity index (χ1n) is 8.83. The van der Waals surface area contributed by atoms with E-state index >= 15 is 0 Å². The summed E-state index contributed by atoms with van der Waals surface area (Å²) in [5.41, 5.74) is 6.84. The predicted molar refractivity (Wildman–Crippen MR) is 96.1 cm³/mol. The lowest BCUT2D eigenvalue weighted by Crippen LogP contribution is -2.40. The zero-order valence-corrected chi connectivity index (χ0v) is 15.2. The molecule has 1 fully saturated rings. The van der Waals surface area contributed by atoms with Crippen LogP contribution in [0.5, 0.6) is 0 Å². The van der Waals surface area contributed by atoms with E-state index in [9.17, 15) is 4.79 Å². The molecule has 1 aromatic carbocycles. The number of rotatable bonds is 3. The molecular formula is C19H26N4O2. The maximum Gasteiger partial charge on any atom is 0.258 e. The molecule has 2 heterocycles. The molecule has 134 valence electrons. The number of hydrogen-bond donors (Lipinski definition) is 1. The van der Waals surface area contributed by atoms with E-state index in [2.05, 4.69) is 10.1 Å². The smallest absolute Gasteiger partial charge is 0.258 e. The van der Waals surface area contributed by atoms with Crippen LogP contribution >= 0.6 is 0 Å². The van der Waals surface area contributed by atoms with Gasteiger partial charge in [-0.1, -0.05) is 38.1 Å². The normalized spacial score (nSPS) is 16.2. The number of hydrogen-bond acceptors (Lipinski definition) is 5. The molecule has 0 bridgehead atoms. The van der Waals surface area contributed by atoms with E-state index in [1.807, 2.05) is 49.9 Å². The van der Waals surface area contributed by atoms with Gasteiger partial charge in [0.25, 0.3) is 11.8 Å². The van der Waals surface area contributed by atoms with Crippen molar-refractivity contribution in [3.05, 3.63) is 35.7 Å². The van der Waals surface area contributed by atoms with Gasteiger partial charge in [0, 0.05) is 18.5 Å². The molecule has 1 amide bonds. The van der Waals surface area contributed by atoms with E-state index in [4.69, 9.17) is 10.3 Å². The maximum atomic E-state index is 13.0. The molecule has 1 aromatic heterocycles. The lowest BCUT2D eigenvalue weighted by Gasteiger charge is -2.31. The average Bonchev–Trinajstić information content (AvgIpc) is 3.11. The number of benzene rings is 1. The molecule has 25 heavy (non-hydrogen) atoms. The third kappa shape index (κ3) is 3.74. The Morgan fingerprint density at radius 2 is 1.96 bits per heavy atom. The van der Waals surface area contributed by atoms with Crippen molar-refractivity contribution < 1.29 is 9.32 Å². The number of nitrogens with zero attached hydrogens (tertiary/aromatic N) is 3. The van der Waals surface area contributed by atoms with E-state index in [1.165, 1.54) is 0 Å². The number of nitrogens with two attached hydrogens (primary N) is 1. The molecule has 1 aliphatic heterocycles. The first-order valence-corrected chi connectivity index (χ1v) is 8.83.